The Kier molecular flexibility index (Phi) is 4.91. The first-order valence-corrected chi connectivity index (χ1v) is 6.89. The number of nitrogens with two attached hydrogens (primary N) is 1. The SMILES string of the molecule is CCN(C(=O)C(CN)c1ccccc1)c1ccccc1. The molecule has 0 heterocycles. The van der Waals surface area contributed by atoms with Crippen LogP contribution in [0.25, 0.3) is 0 Å². The maximum atomic E-state index is 12.8. The lowest BCUT2D eigenvalue weighted by molar-refractivity contribution is -0.119. The van der Waals surface area contributed by atoms with Crippen LogP contribution in [0.2, 0.25) is 0 Å². The van der Waals surface area contributed by atoms with Gasteiger partial charge in [-0.1, -0.05) is 48.5 Å². The standard InChI is InChI=1S/C17H20N2O/c1-2-19(15-11-7-4-8-12-15)17(20)16(13-18)14-9-5-3-6-10-14/h3-12,16H,2,13,18H2,1H3. The fraction of sp³-hybridized carbons (Fsp3) is 0.235. The fourth-order valence-corrected chi connectivity index (χ4v) is 2.33. The number of hydrogen-bond donors (Lipinski definition) is 1. The molecular weight excluding hydrogens is 248 g/mol. The van der Waals surface area contributed by atoms with Gasteiger partial charge in [0, 0.05) is 18.8 Å². The third-order valence-electron chi connectivity index (χ3n) is 3.39. The van der Waals surface area contributed by atoms with Crippen LogP contribution in [-0.4, -0.2) is 19.0 Å². The van der Waals surface area contributed by atoms with Gasteiger partial charge in [-0.05, 0) is 24.6 Å². The Bertz CT molecular complexity index is 490. The molecule has 0 radical (unpaired) electrons. The molecule has 20 heavy (non-hydrogen) atoms. The molecule has 1 unspecified atom stereocenters. The van der Waals surface area contributed by atoms with Crippen molar-refractivity contribution in [1.29, 1.82) is 0 Å². The quantitative estimate of drug-likeness (QED) is 0.906. The summed E-state index contributed by atoms with van der Waals surface area (Å²) in [4.78, 5) is 14.5. The van der Waals surface area contributed by atoms with Gasteiger partial charge in [0.1, 0.15) is 0 Å². The molecule has 1 amide bonds. The second kappa shape index (κ2) is 6.87. The smallest absolute Gasteiger partial charge is 0.235 e. The molecule has 0 aliphatic heterocycles. The van der Waals surface area contributed by atoms with Gasteiger partial charge in [0.15, 0.2) is 0 Å². The monoisotopic (exact) mass is 268 g/mol. The number of nitrogens with zero attached hydrogens (tertiary/aromatic N) is 1. The molecule has 104 valence electrons. The zero-order valence-corrected chi connectivity index (χ0v) is 11.7. The Morgan fingerprint density at radius 1 is 1.05 bits per heavy atom. The lowest BCUT2D eigenvalue weighted by Crippen LogP contribution is -2.37. The Labute approximate surface area is 120 Å². The summed E-state index contributed by atoms with van der Waals surface area (Å²) in [5.74, 6) is -0.247. The number of likely N-dealkylation sites (N-methyl/N-ethyl adjacent to an activating group) is 1. The van der Waals surface area contributed by atoms with Gasteiger partial charge in [-0.15, -0.1) is 0 Å². The average molecular weight is 268 g/mol. The minimum absolute atomic E-state index is 0.0485. The molecule has 1 atom stereocenters. The summed E-state index contributed by atoms with van der Waals surface area (Å²) in [6.45, 7) is 2.92. The predicted molar refractivity (Wildman–Crippen MR) is 82.7 cm³/mol. The maximum absolute atomic E-state index is 12.8. The zero-order chi connectivity index (χ0) is 14.4. The molecule has 0 aromatic heterocycles. The van der Waals surface area contributed by atoms with E-state index in [0.717, 1.165) is 11.3 Å². The molecule has 0 spiro atoms. The summed E-state index contributed by atoms with van der Waals surface area (Å²) < 4.78 is 0. The van der Waals surface area contributed by atoms with Gasteiger partial charge in [-0.25, -0.2) is 0 Å². The van der Waals surface area contributed by atoms with Gasteiger partial charge >= 0.3 is 0 Å². The minimum atomic E-state index is -0.295. The molecule has 0 saturated heterocycles. The van der Waals surface area contributed by atoms with Crippen LogP contribution in [-0.2, 0) is 4.79 Å². The molecule has 3 heteroatoms. The first-order chi connectivity index (χ1) is 9.77. The molecule has 0 bridgehead atoms. The Morgan fingerprint density at radius 3 is 2.10 bits per heavy atom. The van der Waals surface area contributed by atoms with Gasteiger partial charge in [-0.2, -0.15) is 0 Å². The van der Waals surface area contributed by atoms with Crippen LogP contribution in [0.3, 0.4) is 0 Å². The topological polar surface area (TPSA) is 46.3 Å². The summed E-state index contributed by atoms with van der Waals surface area (Å²) in [5, 5.41) is 0. The van der Waals surface area contributed by atoms with Crippen LogP contribution in [0.4, 0.5) is 5.69 Å². The molecule has 0 aliphatic rings. The van der Waals surface area contributed by atoms with E-state index in [1.165, 1.54) is 0 Å². The number of amides is 1. The summed E-state index contributed by atoms with van der Waals surface area (Å²) in [5.41, 5.74) is 7.71. The molecule has 0 fully saturated rings. The molecule has 0 saturated carbocycles. The highest BCUT2D eigenvalue weighted by Crippen LogP contribution is 2.22. The van der Waals surface area contributed by atoms with Crippen molar-refractivity contribution in [2.75, 3.05) is 18.0 Å². The molecule has 2 N–H and O–H groups in total. The minimum Gasteiger partial charge on any atom is -0.329 e. The van der Waals surface area contributed by atoms with Crippen molar-refractivity contribution in [2.45, 2.75) is 12.8 Å². The number of hydrogen-bond acceptors (Lipinski definition) is 2. The van der Waals surface area contributed by atoms with E-state index in [-0.39, 0.29) is 11.8 Å². The average Bonchev–Trinajstić information content (AvgIpc) is 2.51. The predicted octanol–water partition coefficient (Wildman–Crippen LogP) is 2.78. The number of benzene rings is 2. The number of carbonyl (C=O) groups is 1. The van der Waals surface area contributed by atoms with Crippen LogP contribution in [0.15, 0.2) is 60.7 Å². The van der Waals surface area contributed by atoms with E-state index in [1.807, 2.05) is 67.6 Å². The number of carbonyl (C=O) groups excluding carboxylic acids is 1. The molecule has 2 rings (SSSR count). The summed E-state index contributed by atoms with van der Waals surface area (Å²) in [6.07, 6.45) is 0. The maximum Gasteiger partial charge on any atom is 0.235 e. The van der Waals surface area contributed by atoms with Crippen molar-refractivity contribution in [2.24, 2.45) is 5.73 Å². The van der Waals surface area contributed by atoms with E-state index in [4.69, 9.17) is 5.73 Å². The normalized spacial score (nSPS) is 11.9. The Morgan fingerprint density at radius 2 is 1.60 bits per heavy atom. The largest absolute Gasteiger partial charge is 0.329 e. The molecule has 2 aromatic carbocycles. The lowest BCUT2D eigenvalue weighted by atomic mass is 9.97. The second-order valence-corrected chi connectivity index (χ2v) is 4.62. The fourth-order valence-electron chi connectivity index (χ4n) is 2.33. The van der Waals surface area contributed by atoms with Crippen molar-refractivity contribution in [3.05, 3.63) is 66.2 Å². The van der Waals surface area contributed by atoms with Crippen molar-refractivity contribution >= 4 is 11.6 Å². The molecule has 3 nitrogen and oxygen atoms in total. The van der Waals surface area contributed by atoms with Crippen LogP contribution < -0.4 is 10.6 Å². The van der Waals surface area contributed by atoms with E-state index in [2.05, 4.69) is 0 Å². The third kappa shape index (κ3) is 3.06. The zero-order valence-electron chi connectivity index (χ0n) is 11.7. The Balaban J connectivity index is 2.28. The van der Waals surface area contributed by atoms with E-state index in [0.29, 0.717) is 13.1 Å². The Hall–Kier alpha value is -2.13. The highest BCUT2D eigenvalue weighted by molar-refractivity contribution is 5.98. The number of anilines is 1. The first kappa shape index (κ1) is 14.3. The van der Waals surface area contributed by atoms with Crippen LogP contribution in [0, 0.1) is 0 Å². The second-order valence-electron chi connectivity index (χ2n) is 4.62. The number of rotatable bonds is 5. The first-order valence-electron chi connectivity index (χ1n) is 6.89. The lowest BCUT2D eigenvalue weighted by Gasteiger charge is -2.26. The van der Waals surface area contributed by atoms with Crippen molar-refractivity contribution < 1.29 is 4.79 Å². The molecule has 2 aromatic rings. The van der Waals surface area contributed by atoms with Gasteiger partial charge < -0.3 is 10.6 Å². The van der Waals surface area contributed by atoms with Gasteiger partial charge in [0.05, 0.1) is 5.92 Å². The van der Waals surface area contributed by atoms with Crippen LogP contribution >= 0.6 is 0 Å². The third-order valence-corrected chi connectivity index (χ3v) is 3.39. The van der Waals surface area contributed by atoms with Gasteiger partial charge in [-0.3, -0.25) is 4.79 Å². The van der Waals surface area contributed by atoms with Crippen molar-refractivity contribution in [3.8, 4) is 0 Å². The highest BCUT2D eigenvalue weighted by Gasteiger charge is 2.24. The van der Waals surface area contributed by atoms with Crippen LogP contribution in [0.5, 0.6) is 0 Å². The van der Waals surface area contributed by atoms with Crippen molar-refractivity contribution in [1.82, 2.24) is 0 Å². The van der Waals surface area contributed by atoms with Gasteiger partial charge in [0.25, 0.3) is 0 Å². The van der Waals surface area contributed by atoms with Crippen LogP contribution in [0.1, 0.15) is 18.4 Å². The number of para-hydroxylation sites is 1. The highest BCUT2D eigenvalue weighted by atomic mass is 16.2. The summed E-state index contributed by atoms with van der Waals surface area (Å²) >= 11 is 0. The summed E-state index contributed by atoms with van der Waals surface area (Å²) in [7, 11) is 0. The van der Waals surface area contributed by atoms with E-state index >= 15 is 0 Å². The molecule has 0 aliphatic carbocycles. The van der Waals surface area contributed by atoms with E-state index in [1.54, 1.807) is 4.90 Å². The van der Waals surface area contributed by atoms with Crippen molar-refractivity contribution in [3.63, 3.8) is 0 Å². The van der Waals surface area contributed by atoms with E-state index in [9.17, 15) is 4.79 Å². The summed E-state index contributed by atoms with van der Waals surface area (Å²) in [6, 6.07) is 19.4. The van der Waals surface area contributed by atoms with E-state index < -0.39 is 0 Å². The molecular formula is C17H20N2O. The van der Waals surface area contributed by atoms with Gasteiger partial charge in [0.2, 0.25) is 5.91 Å².